The molecular formula is C18H18FN3O3. The van der Waals surface area contributed by atoms with E-state index < -0.39 is 0 Å². The number of aromatic nitrogens is 2. The number of amides is 1. The number of hydrogen-bond acceptors (Lipinski definition) is 4. The van der Waals surface area contributed by atoms with E-state index in [4.69, 9.17) is 9.47 Å². The van der Waals surface area contributed by atoms with Crippen LogP contribution in [-0.2, 0) is 6.42 Å². The quantitative estimate of drug-likeness (QED) is 0.747. The molecule has 0 saturated heterocycles. The van der Waals surface area contributed by atoms with E-state index in [1.165, 1.54) is 26.5 Å². The van der Waals surface area contributed by atoms with Crippen molar-refractivity contribution in [3.05, 3.63) is 59.8 Å². The number of hydrogen-bond donors (Lipinski definition) is 1. The Morgan fingerprint density at radius 2 is 1.88 bits per heavy atom. The Hall–Kier alpha value is -3.09. The number of fused-ring (bicyclic) bond motifs is 1. The zero-order chi connectivity index (χ0) is 17.8. The molecule has 0 unspecified atom stereocenters. The fraction of sp³-hybridized carbons (Fsp3) is 0.222. The van der Waals surface area contributed by atoms with Crippen LogP contribution in [0.25, 0.3) is 5.65 Å². The van der Waals surface area contributed by atoms with Gasteiger partial charge < -0.3 is 19.2 Å². The van der Waals surface area contributed by atoms with Gasteiger partial charge in [-0.3, -0.25) is 4.79 Å². The van der Waals surface area contributed by atoms with Crippen LogP contribution in [0.2, 0.25) is 0 Å². The van der Waals surface area contributed by atoms with Gasteiger partial charge in [0.2, 0.25) is 0 Å². The fourth-order valence-electron chi connectivity index (χ4n) is 2.48. The summed E-state index contributed by atoms with van der Waals surface area (Å²) in [5, 5.41) is 2.83. The molecule has 1 aromatic carbocycles. The summed E-state index contributed by atoms with van der Waals surface area (Å²) in [6.07, 6.45) is 3.65. The summed E-state index contributed by atoms with van der Waals surface area (Å²) in [6, 6.07) is 7.97. The maximum atomic E-state index is 13.2. The first kappa shape index (κ1) is 16.8. The summed E-state index contributed by atoms with van der Waals surface area (Å²) in [7, 11) is 3.06. The smallest absolute Gasteiger partial charge is 0.251 e. The van der Waals surface area contributed by atoms with E-state index in [1.54, 1.807) is 34.9 Å². The summed E-state index contributed by atoms with van der Waals surface area (Å²) in [5.41, 5.74) is 1.89. The Labute approximate surface area is 144 Å². The van der Waals surface area contributed by atoms with Crippen molar-refractivity contribution in [1.29, 1.82) is 0 Å². The first-order valence-corrected chi connectivity index (χ1v) is 7.73. The average Bonchev–Trinajstić information content (AvgIpc) is 3.02. The van der Waals surface area contributed by atoms with Crippen LogP contribution in [0.3, 0.4) is 0 Å². The summed E-state index contributed by atoms with van der Waals surface area (Å²) in [6.45, 7) is 0.407. The van der Waals surface area contributed by atoms with Gasteiger partial charge in [-0.25, -0.2) is 9.37 Å². The molecule has 3 rings (SSSR count). The van der Waals surface area contributed by atoms with E-state index in [0.717, 1.165) is 5.69 Å². The van der Waals surface area contributed by atoms with Crippen LogP contribution < -0.4 is 14.8 Å². The molecule has 1 N–H and O–H groups in total. The van der Waals surface area contributed by atoms with Gasteiger partial charge in [0, 0.05) is 37.0 Å². The summed E-state index contributed by atoms with van der Waals surface area (Å²) in [4.78, 5) is 16.7. The Bertz CT molecular complexity index is 885. The molecule has 1 amide bonds. The third-order valence-corrected chi connectivity index (χ3v) is 3.75. The molecule has 0 radical (unpaired) electrons. The number of pyridine rings is 1. The number of nitrogens with one attached hydrogen (secondary N) is 1. The topological polar surface area (TPSA) is 64.9 Å². The fourth-order valence-corrected chi connectivity index (χ4v) is 2.48. The minimum absolute atomic E-state index is 0.230. The van der Waals surface area contributed by atoms with Crippen LogP contribution >= 0.6 is 0 Å². The van der Waals surface area contributed by atoms with Crippen molar-refractivity contribution in [3.63, 3.8) is 0 Å². The SMILES string of the molecule is COc1cc(OC)cc(C(=O)NCCc2cn3cc(F)ccc3n2)c1. The second-order valence-electron chi connectivity index (χ2n) is 5.45. The van der Waals surface area contributed by atoms with Gasteiger partial charge in [0.1, 0.15) is 23.0 Å². The number of nitrogens with zero attached hydrogens (tertiary/aromatic N) is 2. The van der Waals surface area contributed by atoms with Crippen molar-refractivity contribution >= 4 is 11.6 Å². The molecule has 7 heteroatoms. The summed E-state index contributed by atoms with van der Waals surface area (Å²) < 4.78 is 25.1. The highest BCUT2D eigenvalue weighted by Gasteiger charge is 2.10. The molecule has 130 valence electrons. The highest BCUT2D eigenvalue weighted by Crippen LogP contribution is 2.22. The molecule has 0 spiro atoms. The van der Waals surface area contributed by atoms with Crippen molar-refractivity contribution in [2.75, 3.05) is 20.8 Å². The van der Waals surface area contributed by atoms with Crippen molar-refractivity contribution < 1.29 is 18.7 Å². The van der Waals surface area contributed by atoms with E-state index in [-0.39, 0.29) is 11.7 Å². The van der Waals surface area contributed by atoms with Crippen LogP contribution in [0.5, 0.6) is 11.5 Å². The maximum Gasteiger partial charge on any atom is 0.251 e. The second kappa shape index (κ2) is 7.21. The van der Waals surface area contributed by atoms with E-state index in [2.05, 4.69) is 10.3 Å². The van der Waals surface area contributed by atoms with Crippen molar-refractivity contribution in [1.82, 2.24) is 14.7 Å². The van der Waals surface area contributed by atoms with Gasteiger partial charge in [-0.05, 0) is 24.3 Å². The van der Waals surface area contributed by atoms with Gasteiger partial charge in [-0.1, -0.05) is 0 Å². The maximum absolute atomic E-state index is 13.2. The van der Waals surface area contributed by atoms with Gasteiger partial charge >= 0.3 is 0 Å². The number of imidazole rings is 1. The molecule has 0 aliphatic rings. The zero-order valence-electron chi connectivity index (χ0n) is 14.0. The number of carbonyl (C=O) groups excluding carboxylic acids is 1. The highest BCUT2D eigenvalue weighted by molar-refractivity contribution is 5.95. The van der Waals surface area contributed by atoms with Gasteiger partial charge in [-0.2, -0.15) is 0 Å². The number of halogens is 1. The van der Waals surface area contributed by atoms with Crippen LogP contribution in [0, 0.1) is 5.82 Å². The number of benzene rings is 1. The molecular weight excluding hydrogens is 325 g/mol. The van der Waals surface area contributed by atoms with E-state index >= 15 is 0 Å². The van der Waals surface area contributed by atoms with Gasteiger partial charge in [0.05, 0.1) is 19.9 Å². The molecule has 2 aromatic heterocycles. The van der Waals surface area contributed by atoms with Crippen LogP contribution in [-0.4, -0.2) is 36.1 Å². The lowest BCUT2D eigenvalue weighted by Crippen LogP contribution is -2.25. The molecule has 6 nitrogen and oxygen atoms in total. The minimum atomic E-state index is -0.322. The molecule has 0 aliphatic heterocycles. The molecule has 25 heavy (non-hydrogen) atoms. The van der Waals surface area contributed by atoms with Gasteiger partial charge in [-0.15, -0.1) is 0 Å². The molecule has 3 aromatic rings. The predicted octanol–water partition coefficient (Wildman–Crippen LogP) is 2.46. The Kier molecular flexibility index (Phi) is 4.83. The zero-order valence-corrected chi connectivity index (χ0v) is 14.0. The minimum Gasteiger partial charge on any atom is -0.497 e. The van der Waals surface area contributed by atoms with E-state index in [9.17, 15) is 9.18 Å². The molecule has 2 heterocycles. The average molecular weight is 343 g/mol. The first-order chi connectivity index (χ1) is 12.1. The van der Waals surface area contributed by atoms with Crippen molar-refractivity contribution in [2.24, 2.45) is 0 Å². The lowest BCUT2D eigenvalue weighted by Gasteiger charge is -2.09. The number of ether oxygens (including phenoxy) is 2. The first-order valence-electron chi connectivity index (χ1n) is 7.73. The lowest BCUT2D eigenvalue weighted by molar-refractivity contribution is 0.0953. The molecule has 0 atom stereocenters. The van der Waals surface area contributed by atoms with Crippen molar-refractivity contribution in [3.8, 4) is 11.5 Å². The summed E-state index contributed by atoms with van der Waals surface area (Å²) >= 11 is 0. The molecule has 0 bridgehead atoms. The van der Waals surface area contributed by atoms with Crippen LogP contribution in [0.15, 0.2) is 42.7 Å². The third-order valence-electron chi connectivity index (χ3n) is 3.75. The standard InChI is InChI=1S/C18H18FN3O3/c1-24-15-7-12(8-16(9-15)25-2)18(23)20-6-5-14-11-22-10-13(19)3-4-17(22)21-14/h3-4,7-11H,5-6H2,1-2H3,(H,20,23). The normalized spacial score (nSPS) is 10.7. The lowest BCUT2D eigenvalue weighted by atomic mass is 10.2. The third kappa shape index (κ3) is 3.88. The summed E-state index contributed by atoms with van der Waals surface area (Å²) in [5.74, 6) is 0.544. The Morgan fingerprint density at radius 1 is 1.16 bits per heavy atom. The molecule has 0 fully saturated rings. The number of methoxy groups -OCH3 is 2. The van der Waals surface area contributed by atoms with Crippen LogP contribution in [0.1, 0.15) is 16.1 Å². The second-order valence-corrected chi connectivity index (χ2v) is 5.45. The highest BCUT2D eigenvalue weighted by atomic mass is 19.1. The Morgan fingerprint density at radius 3 is 2.56 bits per heavy atom. The van der Waals surface area contributed by atoms with E-state index in [0.29, 0.717) is 35.7 Å². The molecule has 0 aliphatic carbocycles. The Balaban J connectivity index is 1.63. The predicted molar refractivity (Wildman–Crippen MR) is 90.7 cm³/mol. The largest absolute Gasteiger partial charge is 0.497 e. The molecule has 0 saturated carbocycles. The van der Waals surface area contributed by atoms with E-state index in [1.807, 2.05) is 0 Å². The van der Waals surface area contributed by atoms with Gasteiger partial charge in [0.15, 0.2) is 0 Å². The number of rotatable bonds is 6. The van der Waals surface area contributed by atoms with Crippen LogP contribution in [0.4, 0.5) is 4.39 Å². The number of carbonyl (C=O) groups is 1. The van der Waals surface area contributed by atoms with Crippen molar-refractivity contribution in [2.45, 2.75) is 6.42 Å². The monoisotopic (exact) mass is 343 g/mol. The van der Waals surface area contributed by atoms with Gasteiger partial charge in [0.25, 0.3) is 5.91 Å².